The van der Waals surface area contributed by atoms with Gasteiger partial charge < -0.3 is 0 Å². The molecule has 0 aromatic heterocycles. The van der Waals surface area contributed by atoms with E-state index in [9.17, 15) is 0 Å². The molecular formula is C19H15PS. The van der Waals surface area contributed by atoms with E-state index >= 15 is 0 Å². The quantitative estimate of drug-likeness (QED) is 0.483. The van der Waals surface area contributed by atoms with Gasteiger partial charge in [-0.1, -0.05) is 90.2 Å². The zero-order chi connectivity index (χ0) is 14.4. The van der Waals surface area contributed by atoms with Gasteiger partial charge in [0, 0.05) is 16.6 Å². The SMILES string of the molecule is Cc1ccc(P2(=S)c3ccccc3-c3ccccc32)cc1. The zero-order valence-electron chi connectivity index (χ0n) is 11.8. The molecule has 2 heteroatoms. The molecule has 0 saturated heterocycles. The monoisotopic (exact) mass is 306 g/mol. The minimum atomic E-state index is -1.89. The number of hydrogen-bond donors (Lipinski definition) is 0. The first-order valence-corrected chi connectivity index (χ1v) is 9.88. The Balaban J connectivity index is 2.09. The summed E-state index contributed by atoms with van der Waals surface area (Å²) < 4.78 is 0. The second kappa shape index (κ2) is 4.66. The third kappa shape index (κ3) is 1.78. The molecule has 3 aromatic rings. The van der Waals surface area contributed by atoms with Crippen LogP contribution < -0.4 is 15.9 Å². The normalized spacial score (nSPS) is 14.5. The van der Waals surface area contributed by atoms with Crippen molar-refractivity contribution in [3.63, 3.8) is 0 Å². The first-order chi connectivity index (χ1) is 10.2. The highest BCUT2D eigenvalue weighted by molar-refractivity contribution is 8.26. The van der Waals surface area contributed by atoms with E-state index < -0.39 is 6.04 Å². The molecule has 0 amide bonds. The molecule has 0 N–H and O–H groups in total. The summed E-state index contributed by atoms with van der Waals surface area (Å²) in [5, 5.41) is 3.97. The van der Waals surface area contributed by atoms with E-state index in [1.807, 2.05) is 0 Å². The van der Waals surface area contributed by atoms with E-state index in [2.05, 4.69) is 79.7 Å². The van der Waals surface area contributed by atoms with Gasteiger partial charge in [-0.05, 0) is 23.4 Å². The number of benzene rings is 3. The van der Waals surface area contributed by atoms with Crippen molar-refractivity contribution < 1.29 is 0 Å². The van der Waals surface area contributed by atoms with Crippen LogP contribution in [0.2, 0.25) is 0 Å². The second-order valence-corrected chi connectivity index (χ2v) is 9.82. The molecule has 1 aliphatic heterocycles. The topological polar surface area (TPSA) is 0 Å². The lowest BCUT2D eigenvalue weighted by atomic mass is 10.1. The van der Waals surface area contributed by atoms with E-state index in [1.54, 1.807) is 0 Å². The van der Waals surface area contributed by atoms with E-state index in [-0.39, 0.29) is 0 Å². The summed E-state index contributed by atoms with van der Waals surface area (Å²) in [7, 11) is 0. The number of aryl methyl sites for hydroxylation is 1. The fourth-order valence-corrected chi connectivity index (χ4v) is 7.48. The summed E-state index contributed by atoms with van der Waals surface area (Å²) in [6.45, 7) is 2.12. The van der Waals surface area contributed by atoms with Gasteiger partial charge in [-0.25, -0.2) is 0 Å². The van der Waals surface area contributed by atoms with Crippen LogP contribution in [0.4, 0.5) is 0 Å². The molecule has 0 fully saturated rings. The third-order valence-electron chi connectivity index (χ3n) is 4.17. The minimum absolute atomic E-state index is 1.28. The molecule has 1 heterocycles. The molecular weight excluding hydrogens is 291 g/mol. The van der Waals surface area contributed by atoms with Crippen molar-refractivity contribution in [1.29, 1.82) is 0 Å². The van der Waals surface area contributed by atoms with Crippen LogP contribution in [-0.2, 0) is 11.8 Å². The number of hydrogen-bond acceptors (Lipinski definition) is 1. The average Bonchev–Trinajstić information content (AvgIpc) is 2.80. The fourth-order valence-electron chi connectivity index (χ4n) is 3.11. The maximum atomic E-state index is 6.30. The van der Waals surface area contributed by atoms with Gasteiger partial charge in [0.05, 0.1) is 0 Å². The van der Waals surface area contributed by atoms with Crippen molar-refractivity contribution in [2.75, 3.05) is 0 Å². The highest BCUT2D eigenvalue weighted by Gasteiger charge is 2.35. The molecule has 0 unspecified atom stereocenters. The molecule has 0 atom stereocenters. The van der Waals surface area contributed by atoms with Crippen LogP contribution >= 0.6 is 6.04 Å². The van der Waals surface area contributed by atoms with Crippen LogP contribution in [0, 0.1) is 6.92 Å². The Labute approximate surface area is 130 Å². The lowest BCUT2D eigenvalue weighted by molar-refractivity contribution is 1.49. The Bertz CT molecular complexity index is 829. The summed E-state index contributed by atoms with van der Waals surface area (Å²) in [4.78, 5) is 0. The standard InChI is InChI=1S/C19H15PS/c1-14-10-12-15(13-11-14)20(21)18-8-4-2-6-16(18)17-7-3-5-9-19(17)20/h2-13H,1H3. The van der Waals surface area contributed by atoms with Gasteiger partial charge in [0.2, 0.25) is 0 Å². The second-order valence-electron chi connectivity index (χ2n) is 5.48. The van der Waals surface area contributed by atoms with Gasteiger partial charge in [-0.3, -0.25) is 0 Å². The number of rotatable bonds is 1. The summed E-state index contributed by atoms with van der Waals surface area (Å²) >= 11 is 6.30. The molecule has 0 aliphatic carbocycles. The van der Waals surface area contributed by atoms with E-state index in [1.165, 1.54) is 32.6 Å². The van der Waals surface area contributed by atoms with E-state index in [4.69, 9.17) is 11.8 Å². The van der Waals surface area contributed by atoms with Gasteiger partial charge in [-0.15, -0.1) is 0 Å². The zero-order valence-corrected chi connectivity index (χ0v) is 13.5. The average molecular weight is 306 g/mol. The predicted molar refractivity (Wildman–Crippen MR) is 96.2 cm³/mol. The van der Waals surface area contributed by atoms with Crippen molar-refractivity contribution in [2.24, 2.45) is 0 Å². The summed E-state index contributed by atoms with van der Waals surface area (Å²) in [5.41, 5.74) is 3.91. The van der Waals surface area contributed by atoms with Gasteiger partial charge >= 0.3 is 0 Å². The van der Waals surface area contributed by atoms with Crippen molar-refractivity contribution in [3.8, 4) is 11.1 Å². The molecule has 0 nitrogen and oxygen atoms in total. The van der Waals surface area contributed by atoms with Crippen LogP contribution in [0.3, 0.4) is 0 Å². The molecule has 0 spiro atoms. The van der Waals surface area contributed by atoms with Crippen molar-refractivity contribution >= 4 is 33.8 Å². The summed E-state index contributed by atoms with van der Waals surface area (Å²) in [6, 6.07) is 24.2. The van der Waals surface area contributed by atoms with Gasteiger partial charge in [0.15, 0.2) is 0 Å². The predicted octanol–water partition coefficient (Wildman–Crippen LogP) is 3.73. The lowest BCUT2D eigenvalue weighted by Gasteiger charge is -2.20. The molecule has 1 aliphatic rings. The van der Waals surface area contributed by atoms with Crippen LogP contribution in [0.1, 0.15) is 5.56 Å². The van der Waals surface area contributed by atoms with Crippen LogP contribution in [0.5, 0.6) is 0 Å². The Hall–Kier alpha value is -1.69. The highest BCUT2D eigenvalue weighted by Crippen LogP contribution is 2.52. The molecule has 0 bridgehead atoms. The Morgan fingerprint density at radius 3 is 1.67 bits per heavy atom. The van der Waals surface area contributed by atoms with Gasteiger partial charge in [0.1, 0.15) is 0 Å². The van der Waals surface area contributed by atoms with Crippen LogP contribution in [0.25, 0.3) is 11.1 Å². The molecule has 102 valence electrons. The maximum Gasteiger partial charge on any atom is 0.0391 e. The maximum absolute atomic E-state index is 6.30. The summed E-state index contributed by atoms with van der Waals surface area (Å²) in [5.74, 6) is 0. The first kappa shape index (κ1) is 13.0. The Morgan fingerprint density at radius 1 is 0.667 bits per heavy atom. The Morgan fingerprint density at radius 2 is 1.14 bits per heavy atom. The van der Waals surface area contributed by atoms with Crippen molar-refractivity contribution in [3.05, 3.63) is 78.4 Å². The van der Waals surface area contributed by atoms with Crippen LogP contribution in [-0.4, -0.2) is 0 Å². The summed E-state index contributed by atoms with van der Waals surface area (Å²) in [6.07, 6.45) is 0. The van der Waals surface area contributed by atoms with Crippen LogP contribution in [0.15, 0.2) is 72.8 Å². The van der Waals surface area contributed by atoms with Crippen molar-refractivity contribution in [1.82, 2.24) is 0 Å². The lowest BCUT2D eigenvalue weighted by Crippen LogP contribution is -2.20. The Kier molecular flexibility index (Phi) is 2.89. The highest BCUT2D eigenvalue weighted by atomic mass is 32.4. The largest absolute Gasteiger partial charge is 0.0826 e. The fraction of sp³-hybridized carbons (Fsp3) is 0.0526. The molecule has 4 rings (SSSR count). The first-order valence-electron chi connectivity index (χ1n) is 7.08. The van der Waals surface area contributed by atoms with Crippen molar-refractivity contribution in [2.45, 2.75) is 6.92 Å². The van der Waals surface area contributed by atoms with E-state index in [0.717, 1.165) is 0 Å². The number of fused-ring (bicyclic) bond motifs is 3. The van der Waals surface area contributed by atoms with Gasteiger partial charge in [-0.2, -0.15) is 0 Å². The molecule has 0 saturated carbocycles. The molecule has 3 aromatic carbocycles. The molecule has 0 radical (unpaired) electrons. The minimum Gasteiger partial charge on any atom is -0.0826 e. The van der Waals surface area contributed by atoms with Gasteiger partial charge in [0.25, 0.3) is 0 Å². The molecule has 21 heavy (non-hydrogen) atoms. The van der Waals surface area contributed by atoms with E-state index in [0.29, 0.717) is 0 Å². The smallest absolute Gasteiger partial charge is 0.0391 e. The third-order valence-corrected chi connectivity index (χ3v) is 9.15.